The van der Waals surface area contributed by atoms with Crippen molar-refractivity contribution in [2.75, 3.05) is 15.7 Å². The molecule has 6 aromatic rings. The zero-order valence-electron chi connectivity index (χ0n) is 39.3. The Kier molecular flexibility index (Phi) is 17.6. The number of guanidine groups is 1. The van der Waals surface area contributed by atoms with Gasteiger partial charge in [-0.15, -0.1) is 4.99 Å². The molecular weight excluding hydrogens is 885 g/mol. The molecule has 0 radical (unpaired) electrons. The number of rotatable bonds is 14. The molecule has 1 aliphatic rings. The quantitative estimate of drug-likeness (QED) is 0.0464. The summed E-state index contributed by atoms with van der Waals surface area (Å²) < 4.78 is 10.9. The topological polar surface area (TPSA) is 191 Å². The molecule has 2 unspecified atom stereocenters. The number of nitrogens with two attached hydrogens (primary N) is 1. The number of ketones is 1. The number of nitrogens with zero attached hydrogens (tertiary/aromatic N) is 2. The fourth-order valence-electron chi connectivity index (χ4n) is 8.28. The number of amides is 4. The van der Waals surface area contributed by atoms with Crippen molar-refractivity contribution in [3.63, 3.8) is 0 Å². The number of nitrogens with one attached hydrogen (secondary N) is 3. The van der Waals surface area contributed by atoms with Gasteiger partial charge in [0, 0.05) is 37.3 Å². The molecule has 0 aliphatic carbocycles. The van der Waals surface area contributed by atoms with E-state index in [2.05, 4.69) is 47.1 Å². The van der Waals surface area contributed by atoms with Crippen LogP contribution in [0.1, 0.15) is 84.4 Å². The molecule has 1 heterocycles. The normalized spacial score (nSPS) is 15.3. The van der Waals surface area contributed by atoms with Crippen LogP contribution in [0, 0.1) is 5.92 Å². The van der Waals surface area contributed by atoms with Crippen LogP contribution in [0.5, 0.6) is 0 Å². The largest absolute Gasteiger partial charge is 0.444 e. The molecule has 4 amide bonds. The summed E-state index contributed by atoms with van der Waals surface area (Å²) in [6.45, 7) is 4.42. The first kappa shape index (κ1) is 49.8. The summed E-state index contributed by atoms with van der Waals surface area (Å²) in [5, 5.41) is 5.87. The molecule has 2 bridgehead atoms. The second-order valence-corrected chi connectivity index (χ2v) is 17.4. The van der Waals surface area contributed by atoms with Crippen molar-refractivity contribution in [2.24, 2.45) is 16.6 Å². The predicted molar refractivity (Wildman–Crippen MR) is 270 cm³/mol. The number of hydrogen-bond donors (Lipinski definition) is 4. The van der Waals surface area contributed by atoms with Crippen molar-refractivity contribution in [1.29, 1.82) is 0 Å². The lowest BCUT2D eigenvalue weighted by Crippen LogP contribution is -2.45. The molecule has 0 spiro atoms. The number of aliphatic imine (C=N–C) groups is 1. The van der Waals surface area contributed by atoms with Crippen LogP contribution < -0.4 is 26.7 Å². The number of benzene rings is 6. The molecule has 0 fully saturated rings. The highest BCUT2D eigenvalue weighted by atomic mass is 16.6. The number of Topliss-reactive ketones (excluding diaryl/α,β-unsaturated/α-hetero) is 1. The van der Waals surface area contributed by atoms with Gasteiger partial charge in [-0.1, -0.05) is 141 Å². The van der Waals surface area contributed by atoms with Gasteiger partial charge in [0.2, 0.25) is 17.8 Å². The molecule has 0 aromatic heterocycles. The van der Waals surface area contributed by atoms with Crippen molar-refractivity contribution in [3.8, 4) is 0 Å². The Morgan fingerprint density at radius 2 is 1.30 bits per heavy atom. The minimum Gasteiger partial charge on any atom is -0.444 e. The van der Waals surface area contributed by atoms with E-state index in [9.17, 15) is 24.0 Å². The highest BCUT2D eigenvalue weighted by Gasteiger charge is 2.30. The molecule has 5 N–H and O–H groups in total. The van der Waals surface area contributed by atoms with Crippen molar-refractivity contribution >= 4 is 52.8 Å². The van der Waals surface area contributed by atoms with Crippen molar-refractivity contribution in [2.45, 2.75) is 84.2 Å². The SMILES string of the molecule is CC(C)Cc1c2ccc(NOCc3ccccc3)c1C(c1ccccc1)CCC(=O)CCC(=O)NC(C(=O)Nc1ccc(N(C(=O)OCc3ccccc3)C(N)=NC(=O)OCc3ccccc3)cc1)C2. The summed E-state index contributed by atoms with van der Waals surface area (Å²) in [5.41, 5.74) is 17.1. The van der Waals surface area contributed by atoms with E-state index in [4.69, 9.17) is 20.0 Å². The van der Waals surface area contributed by atoms with Crippen LogP contribution in [0.3, 0.4) is 0 Å². The maximum Gasteiger partial charge on any atom is 0.437 e. The van der Waals surface area contributed by atoms with E-state index in [0.29, 0.717) is 25.1 Å². The van der Waals surface area contributed by atoms with E-state index in [1.165, 1.54) is 12.1 Å². The van der Waals surface area contributed by atoms with Crippen LogP contribution in [0.15, 0.2) is 163 Å². The number of carbonyl (C=O) groups excluding carboxylic acids is 5. The van der Waals surface area contributed by atoms with Gasteiger partial charge < -0.3 is 25.8 Å². The Morgan fingerprint density at radius 3 is 1.91 bits per heavy atom. The van der Waals surface area contributed by atoms with Gasteiger partial charge in [-0.25, -0.2) is 14.5 Å². The van der Waals surface area contributed by atoms with Crippen LogP contribution >= 0.6 is 0 Å². The Bertz CT molecular complexity index is 2740. The van der Waals surface area contributed by atoms with Gasteiger partial charge >= 0.3 is 12.2 Å². The van der Waals surface area contributed by atoms with E-state index >= 15 is 0 Å². The van der Waals surface area contributed by atoms with Gasteiger partial charge in [-0.05, 0) is 88.0 Å². The molecule has 1 aliphatic heterocycles. The maximum absolute atomic E-state index is 14.5. The van der Waals surface area contributed by atoms with Crippen molar-refractivity contribution in [3.05, 3.63) is 197 Å². The van der Waals surface area contributed by atoms with E-state index in [0.717, 1.165) is 49.5 Å². The average Bonchev–Trinajstić information content (AvgIpc) is 3.37. The zero-order valence-corrected chi connectivity index (χ0v) is 39.3. The first-order chi connectivity index (χ1) is 34.0. The standard InChI is InChI=1S/C56H58N6O8/c1-38(2)33-48-43-23-31-49(61-70-37-41-19-11-5-12-20-41)52(48)47(42-21-13-6-14-22-42)30-28-46(63)29-32-51(64)59-50(34-43)53(65)58-44-24-26-45(27-25-44)62(56(67)69-36-40-17-9-4-10-18-40)54(57)60-55(66)68-35-39-15-7-3-8-16-39/h3-27,31,38,47,50,61H,28-30,32-37H2,1-2H3,(H,58,65)(H,59,64)(H2,57,60,66). The Labute approximate surface area is 408 Å². The number of hydrogen-bond acceptors (Lipinski definition) is 9. The Balaban J connectivity index is 1.18. The Hall–Kier alpha value is -8.10. The monoisotopic (exact) mass is 942 g/mol. The van der Waals surface area contributed by atoms with Gasteiger partial charge in [0.1, 0.15) is 25.0 Å². The Morgan fingerprint density at radius 1 is 0.714 bits per heavy atom. The summed E-state index contributed by atoms with van der Waals surface area (Å²) in [4.78, 5) is 78.9. The van der Waals surface area contributed by atoms with Crippen LogP contribution in [0.2, 0.25) is 0 Å². The molecule has 70 heavy (non-hydrogen) atoms. The van der Waals surface area contributed by atoms with Crippen LogP contribution in [0.25, 0.3) is 0 Å². The predicted octanol–water partition coefficient (Wildman–Crippen LogP) is 10.2. The fraction of sp³-hybridized carbons (Fsp3) is 0.250. The lowest BCUT2D eigenvalue weighted by Gasteiger charge is -2.28. The summed E-state index contributed by atoms with van der Waals surface area (Å²) >= 11 is 0. The minimum absolute atomic E-state index is 0.0202. The molecule has 14 heteroatoms. The second-order valence-electron chi connectivity index (χ2n) is 17.4. The van der Waals surface area contributed by atoms with Gasteiger partial charge in [0.15, 0.2) is 0 Å². The third-order valence-electron chi connectivity index (χ3n) is 11.7. The van der Waals surface area contributed by atoms with E-state index in [1.54, 1.807) is 48.5 Å². The molecule has 2 atom stereocenters. The third kappa shape index (κ3) is 14.2. The smallest absolute Gasteiger partial charge is 0.437 e. The van der Waals surface area contributed by atoms with E-state index in [-0.39, 0.29) is 62.2 Å². The molecular formula is C56H58N6O8. The van der Waals surface area contributed by atoms with Crippen LogP contribution in [-0.2, 0) is 61.4 Å². The van der Waals surface area contributed by atoms with Gasteiger partial charge in [-0.3, -0.25) is 24.7 Å². The zero-order chi connectivity index (χ0) is 49.2. The van der Waals surface area contributed by atoms with Gasteiger partial charge in [0.25, 0.3) is 0 Å². The third-order valence-corrected chi connectivity index (χ3v) is 11.7. The van der Waals surface area contributed by atoms with E-state index < -0.39 is 36.0 Å². The lowest BCUT2D eigenvalue weighted by molar-refractivity contribution is -0.128. The molecule has 0 saturated carbocycles. The second kappa shape index (κ2) is 24.8. The number of fused-ring (bicyclic) bond motifs is 2. The number of carbonyl (C=O) groups is 5. The lowest BCUT2D eigenvalue weighted by atomic mass is 9.79. The summed E-state index contributed by atoms with van der Waals surface area (Å²) in [6.07, 6.45) is -0.467. The highest BCUT2D eigenvalue weighted by Crippen LogP contribution is 2.40. The molecule has 7 rings (SSSR count). The van der Waals surface area contributed by atoms with Crippen LogP contribution in [-0.4, -0.2) is 41.8 Å². The fourth-order valence-corrected chi connectivity index (χ4v) is 8.28. The van der Waals surface area contributed by atoms with Crippen molar-refractivity contribution < 1.29 is 38.3 Å². The number of ether oxygens (including phenoxy) is 2. The van der Waals surface area contributed by atoms with Crippen LogP contribution in [0.4, 0.5) is 26.7 Å². The maximum atomic E-state index is 14.5. The average molecular weight is 943 g/mol. The van der Waals surface area contributed by atoms with Gasteiger partial charge in [0.05, 0.1) is 18.0 Å². The summed E-state index contributed by atoms with van der Waals surface area (Å²) in [7, 11) is 0. The molecule has 14 nitrogen and oxygen atoms in total. The summed E-state index contributed by atoms with van der Waals surface area (Å²) in [5.74, 6) is -1.52. The van der Waals surface area contributed by atoms with E-state index in [1.807, 2.05) is 84.9 Å². The first-order valence-electron chi connectivity index (χ1n) is 23.4. The summed E-state index contributed by atoms with van der Waals surface area (Å²) in [6, 6.07) is 46.9. The molecule has 0 saturated heterocycles. The molecule has 360 valence electrons. The van der Waals surface area contributed by atoms with Crippen molar-refractivity contribution in [1.82, 2.24) is 5.32 Å². The first-order valence-corrected chi connectivity index (χ1v) is 23.4. The minimum atomic E-state index is -1.06. The van der Waals surface area contributed by atoms with Gasteiger partial charge in [-0.2, -0.15) is 0 Å². The molecule has 6 aromatic carbocycles. The number of anilines is 3. The highest BCUT2D eigenvalue weighted by molar-refractivity contribution is 6.15.